The molecule has 2 heterocycles. The van der Waals surface area contributed by atoms with Gasteiger partial charge in [-0.05, 0) is 17.8 Å². The Morgan fingerprint density at radius 2 is 2.24 bits per heavy atom. The van der Waals surface area contributed by atoms with Crippen molar-refractivity contribution >= 4 is 22.3 Å². The monoisotopic (exact) mass is 252 g/mol. The van der Waals surface area contributed by atoms with Gasteiger partial charge in [0, 0.05) is 25.4 Å². The molecule has 0 aliphatic carbocycles. The third-order valence-electron chi connectivity index (χ3n) is 3.54. The van der Waals surface area contributed by atoms with Gasteiger partial charge in [0.1, 0.15) is 5.69 Å². The molecule has 3 nitrogen and oxygen atoms in total. The first kappa shape index (κ1) is 12.6. The predicted octanol–water partition coefficient (Wildman–Crippen LogP) is 3.22. The molecule has 0 amide bonds. The maximum absolute atomic E-state index is 11.2. The Balaban J connectivity index is 2.07. The van der Waals surface area contributed by atoms with Crippen molar-refractivity contribution < 1.29 is 4.79 Å². The Kier molecular flexibility index (Phi) is 3.25. The van der Waals surface area contributed by atoms with Gasteiger partial charge in [0.25, 0.3) is 0 Å². The highest BCUT2D eigenvalue weighted by Gasteiger charge is 2.32. The summed E-state index contributed by atoms with van der Waals surface area (Å²) in [5.74, 6) is 0.770. The van der Waals surface area contributed by atoms with Crippen molar-refractivity contribution in [1.29, 1.82) is 0 Å². The van der Waals surface area contributed by atoms with Crippen LogP contribution in [0.25, 0.3) is 0 Å². The van der Waals surface area contributed by atoms with Gasteiger partial charge < -0.3 is 4.90 Å². The fourth-order valence-electron chi connectivity index (χ4n) is 2.21. The number of hydrogen-bond donors (Lipinski definition) is 0. The molecule has 4 heteroatoms. The standard InChI is InChI=1S/C13H20N2OS/c1-9(16)11-8-17-12(14-11)15-6-5-10(7-15)13(2,3)4/h8,10H,5-7H2,1-4H3. The van der Waals surface area contributed by atoms with Crippen molar-refractivity contribution in [3.05, 3.63) is 11.1 Å². The fraction of sp³-hybridized carbons (Fsp3) is 0.692. The Labute approximate surface area is 107 Å². The van der Waals surface area contributed by atoms with Crippen LogP contribution in [0.1, 0.15) is 44.6 Å². The summed E-state index contributed by atoms with van der Waals surface area (Å²) in [4.78, 5) is 17.9. The number of thiazole rings is 1. The zero-order chi connectivity index (χ0) is 12.6. The molecule has 0 spiro atoms. The van der Waals surface area contributed by atoms with Crippen LogP contribution in [0.15, 0.2) is 5.38 Å². The van der Waals surface area contributed by atoms with Crippen LogP contribution in [0.2, 0.25) is 0 Å². The molecular weight excluding hydrogens is 232 g/mol. The molecule has 94 valence electrons. The van der Waals surface area contributed by atoms with E-state index in [1.807, 2.05) is 5.38 Å². The van der Waals surface area contributed by atoms with Crippen molar-refractivity contribution in [2.45, 2.75) is 34.1 Å². The summed E-state index contributed by atoms with van der Waals surface area (Å²) in [6.45, 7) is 10.6. The number of Topliss-reactive ketones (excluding diaryl/α,β-unsaturated/α-hetero) is 1. The van der Waals surface area contributed by atoms with Crippen LogP contribution in [0, 0.1) is 11.3 Å². The number of rotatable bonds is 2. The van der Waals surface area contributed by atoms with Crippen molar-refractivity contribution in [1.82, 2.24) is 4.98 Å². The van der Waals surface area contributed by atoms with Crippen LogP contribution in [0.5, 0.6) is 0 Å². The van der Waals surface area contributed by atoms with E-state index in [-0.39, 0.29) is 5.78 Å². The average molecular weight is 252 g/mol. The minimum atomic E-state index is 0.0547. The molecule has 0 aromatic carbocycles. The molecule has 1 saturated heterocycles. The lowest BCUT2D eigenvalue weighted by atomic mass is 9.80. The lowest BCUT2D eigenvalue weighted by molar-refractivity contribution is 0.101. The molecule has 1 aromatic heterocycles. The van der Waals surface area contributed by atoms with Gasteiger partial charge in [0.15, 0.2) is 10.9 Å². The van der Waals surface area contributed by atoms with Gasteiger partial charge in [0.05, 0.1) is 0 Å². The highest BCUT2D eigenvalue weighted by Crippen LogP contribution is 2.36. The fourth-order valence-corrected chi connectivity index (χ4v) is 3.11. The molecule has 2 rings (SSSR count). The highest BCUT2D eigenvalue weighted by atomic mass is 32.1. The number of carbonyl (C=O) groups excluding carboxylic acids is 1. The lowest BCUT2D eigenvalue weighted by Crippen LogP contribution is -2.25. The molecule has 1 fully saturated rings. The molecule has 1 atom stereocenters. The summed E-state index contributed by atoms with van der Waals surface area (Å²) in [6.07, 6.45) is 1.22. The van der Waals surface area contributed by atoms with Crippen molar-refractivity contribution in [3.63, 3.8) is 0 Å². The minimum absolute atomic E-state index is 0.0547. The van der Waals surface area contributed by atoms with Crippen LogP contribution in [-0.4, -0.2) is 23.9 Å². The van der Waals surface area contributed by atoms with Gasteiger partial charge >= 0.3 is 0 Å². The van der Waals surface area contributed by atoms with E-state index in [1.54, 1.807) is 18.3 Å². The van der Waals surface area contributed by atoms with E-state index in [2.05, 4.69) is 30.7 Å². The van der Waals surface area contributed by atoms with E-state index in [4.69, 9.17) is 0 Å². The third kappa shape index (κ3) is 2.68. The molecule has 1 aliphatic heterocycles. The lowest BCUT2D eigenvalue weighted by Gasteiger charge is -2.26. The number of nitrogens with zero attached hydrogens (tertiary/aromatic N) is 2. The number of ketones is 1. The largest absolute Gasteiger partial charge is 0.348 e. The maximum Gasteiger partial charge on any atom is 0.185 e. The molecule has 1 aromatic rings. The third-order valence-corrected chi connectivity index (χ3v) is 4.44. The van der Waals surface area contributed by atoms with Crippen LogP contribution < -0.4 is 4.90 Å². The Morgan fingerprint density at radius 1 is 1.53 bits per heavy atom. The normalized spacial score (nSPS) is 20.9. The minimum Gasteiger partial charge on any atom is -0.348 e. The molecule has 0 bridgehead atoms. The molecule has 0 N–H and O–H groups in total. The van der Waals surface area contributed by atoms with E-state index in [0.29, 0.717) is 17.0 Å². The zero-order valence-corrected chi connectivity index (χ0v) is 11.8. The summed E-state index contributed by atoms with van der Waals surface area (Å²) < 4.78 is 0. The quantitative estimate of drug-likeness (QED) is 0.758. The van der Waals surface area contributed by atoms with Crippen LogP contribution in [0.3, 0.4) is 0 Å². The second-order valence-electron chi connectivity index (χ2n) is 5.87. The zero-order valence-electron chi connectivity index (χ0n) is 11.0. The number of hydrogen-bond acceptors (Lipinski definition) is 4. The van der Waals surface area contributed by atoms with Gasteiger partial charge in [-0.1, -0.05) is 20.8 Å². The van der Waals surface area contributed by atoms with Crippen LogP contribution >= 0.6 is 11.3 Å². The van der Waals surface area contributed by atoms with Gasteiger partial charge in [-0.15, -0.1) is 11.3 Å². The maximum atomic E-state index is 11.2. The number of carbonyl (C=O) groups is 1. The van der Waals surface area contributed by atoms with Crippen molar-refractivity contribution in [3.8, 4) is 0 Å². The summed E-state index contributed by atoms with van der Waals surface area (Å²) in [5, 5.41) is 2.86. The predicted molar refractivity (Wildman–Crippen MR) is 71.9 cm³/mol. The Bertz CT molecular complexity index is 419. The van der Waals surface area contributed by atoms with Crippen molar-refractivity contribution in [2.75, 3.05) is 18.0 Å². The second-order valence-corrected chi connectivity index (χ2v) is 6.71. The van der Waals surface area contributed by atoms with E-state index >= 15 is 0 Å². The van der Waals surface area contributed by atoms with Gasteiger partial charge in [0.2, 0.25) is 0 Å². The molecule has 1 aliphatic rings. The van der Waals surface area contributed by atoms with Gasteiger partial charge in [-0.25, -0.2) is 4.98 Å². The Hall–Kier alpha value is -0.900. The number of aromatic nitrogens is 1. The first-order valence-electron chi connectivity index (χ1n) is 6.09. The average Bonchev–Trinajstić information content (AvgIpc) is 2.85. The van der Waals surface area contributed by atoms with E-state index < -0.39 is 0 Å². The summed E-state index contributed by atoms with van der Waals surface area (Å²) in [5.41, 5.74) is 0.958. The highest BCUT2D eigenvalue weighted by molar-refractivity contribution is 7.13. The smallest absolute Gasteiger partial charge is 0.185 e. The molecular formula is C13H20N2OS. The number of anilines is 1. The SMILES string of the molecule is CC(=O)c1csc(N2CCC(C(C)(C)C)C2)n1. The summed E-state index contributed by atoms with van der Waals surface area (Å²) >= 11 is 1.58. The summed E-state index contributed by atoms with van der Waals surface area (Å²) in [7, 11) is 0. The van der Waals surface area contributed by atoms with Crippen LogP contribution in [0.4, 0.5) is 5.13 Å². The molecule has 17 heavy (non-hydrogen) atoms. The Morgan fingerprint density at radius 3 is 2.71 bits per heavy atom. The molecule has 0 saturated carbocycles. The first-order chi connectivity index (χ1) is 7.88. The van der Waals surface area contributed by atoms with Gasteiger partial charge in [-0.3, -0.25) is 4.79 Å². The van der Waals surface area contributed by atoms with Crippen LogP contribution in [-0.2, 0) is 0 Å². The molecule has 1 unspecified atom stereocenters. The van der Waals surface area contributed by atoms with E-state index in [9.17, 15) is 4.79 Å². The molecule has 0 radical (unpaired) electrons. The first-order valence-corrected chi connectivity index (χ1v) is 6.97. The van der Waals surface area contributed by atoms with E-state index in [0.717, 1.165) is 18.2 Å². The van der Waals surface area contributed by atoms with Gasteiger partial charge in [-0.2, -0.15) is 0 Å². The second kappa shape index (κ2) is 4.41. The summed E-state index contributed by atoms with van der Waals surface area (Å²) in [6, 6.07) is 0. The van der Waals surface area contributed by atoms with Crippen molar-refractivity contribution in [2.24, 2.45) is 11.3 Å². The topological polar surface area (TPSA) is 33.2 Å². The van der Waals surface area contributed by atoms with E-state index in [1.165, 1.54) is 6.42 Å².